The van der Waals surface area contributed by atoms with Crippen molar-refractivity contribution in [3.63, 3.8) is 0 Å². The lowest BCUT2D eigenvalue weighted by atomic mass is 10.1. The molecule has 0 amide bonds. The molecule has 5 heteroatoms. The monoisotopic (exact) mass is 276 g/mol. The lowest BCUT2D eigenvalue weighted by Crippen LogP contribution is -2.45. The summed E-state index contributed by atoms with van der Waals surface area (Å²) in [4.78, 5) is 11.5. The smallest absolute Gasteiger partial charge is 0.223 e. The maximum Gasteiger partial charge on any atom is 0.223 e. The Morgan fingerprint density at radius 3 is 2.85 bits per heavy atom. The number of rotatable bonds is 4. The standard InChI is InChI=1S/C15H24N4O/c1-11(2)12-5-6-16-15(17-12)18-13-9-20-10-14(13)19-7-3-4-8-19/h5-6,11,13-14H,3-4,7-10H2,1-2H3,(H,16,17,18)/t13-,14-/m0/s1. The highest BCUT2D eigenvalue weighted by atomic mass is 16.5. The Balaban J connectivity index is 1.68. The van der Waals surface area contributed by atoms with Gasteiger partial charge in [-0.3, -0.25) is 4.90 Å². The Labute approximate surface area is 120 Å². The minimum atomic E-state index is 0.301. The zero-order valence-electron chi connectivity index (χ0n) is 12.4. The molecule has 1 N–H and O–H groups in total. The average Bonchev–Trinajstić information content (AvgIpc) is 3.09. The van der Waals surface area contributed by atoms with E-state index in [2.05, 4.69) is 34.0 Å². The summed E-state index contributed by atoms with van der Waals surface area (Å²) in [5, 5.41) is 3.47. The first kappa shape index (κ1) is 13.8. The minimum Gasteiger partial charge on any atom is -0.378 e. The summed E-state index contributed by atoms with van der Waals surface area (Å²) in [6.07, 6.45) is 4.45. The molecule has 0 radical (unpaired) electrons. The molecule has 1 aromatic heterocycles. The molecule has 2 fully saturated rings. The van der Waals surface area contributed by atoms with Crippen LogP contribution in [0.25, 0.3) is 0 Å². The second-order valence-electron chi connectivity index (χ2n) is 6.06. The van der Waals surface area contributed by atoms with Crippen molar-refractivity contribution in [2.24, 2.45) is 0 Å². The van der Waals surface area contributed by atoms with E-state index in [-0.39, 0.29) is 0 Å². The van der Waals surface area contributed by atoms with E-state index in [1.165, 1.54) is 25.9 Å². The summed E-state index contributed by atoms with van der Waals surface area (Å²) in [7, 11) is 0. The zero-order valence-corrected chi connectivity index (χ0v) is 12.4. The van der Waals surface area contributed by atoms with Crippen LogP contribution in [0.15, 0.2) is 12.3 Å². The number of nitrogens with one attached hydrogen (secondary N) is 1. The molecular weight excluding hydrogens is 252 g/mol. The Kier molecular flexibility index (Phi) is 4.17. The molecule has 0 spiro atoms. The van der Waals surface area contributed by atoms with Gasteiger partial charge in [0.1, 0.15) is 0 Å². The first-order valence-corrected chi connectivity index (χ1v) is 7.65. The van der Waals surface area contributed by atoms with E-state index in [0.717, 1.165) is 24.9 Å². The summed E-state index contributed by atoms with van der Waals surface area (Å²) in [6.45, 7) is 8.26. The predicted molar refractivity (Wildman–Crippen MR) is 78.9 cm³/mol. The van der Waals surface area contributed by atoms with Gasteiger partial charge < -0.3 is 10.1 Å². The van der Waals surface area contributed by atoms with Gasteiger partial charge in [-0.05, 0) is 37.9 Å². The van der Waals surface area contributed by atoms with Crippen molar-refractivity contribution in [1.82, 2.24) is 14.9 Å². The van der Waals surface area contributed by atoms with Crippen molar-refractivity contribution in [2.45, 2.75) is 44.7 Å². The quantitative estimate of drug-likeness (QED) is 0.910. The number of aromatic nitrogens is 2. The summed E-state index contributed by atoms with van der Waals surface area (Å²) in [5.74, 6) is 1.16. The van der Waals surface area contributed by atoms with E-state index < -0.39 is 0 Å². The van der Waals surface area contributed by atoms with Crippen molar-refractivity contribution >= 4 is 5.95 Å². The molecule has 3 heterocycles. The maximum absolute atomic E-state index is 5.67. The third-order valence-electron chi connectivity index (χ3n) is 4.24. The lowest BCUT2D eigenvalue weighted by molar-refractivity contribution is 0.159. The zero-order chi connectivity index (χ0) is 13.9. The lowest BCUT2D eigenvalue weighted by Gasteiger charge is -2.28. The molecule has 0 aromatic carbocycles. The van der Waals surface area contributed by atoms with Gasteiger partial charge in [-0.15, -0.1) is 0 Å². The van der Waals surface area contributed by atoms with E-state index in [9.17, 15) is 0 Å². The van der Waals surface area contributed by atoms with Crippen LogP contribution in [0.4, 0.5) is 5.95 Å². The van der Waals surface area contributed by atoms with Crippen molar-refractivity contribution < 1.29 is 4.74 Å². The fourth-order valence-electron chi connectivity index (χ4n) is 3.04. The molecule has 110 valence electrons. The van der Waals surface area contributed by atoms with Crippen LogP contribution in [0, 0.1) is 0 Å². The molecule has 3 rings (SSSR count). The minimum absolute atomic E-state index is 0.301. The Hall–Kier alpha value is -1.20. The van der Waals surface area contributed by atoms with E-state index in [1.54, 1.807) is 0 Å². The van der Waals surface area contributed by atoms with Gasteiger partial charge in [-0.1, -0.05) is 13.8 Å². The topological polar surface area (TPSA) is 50.3 Å². The summed E-state index contributed by atoms with van der Waals surface area (Å²) in [6, 6.07) is 2.75. The van der Waals surface area contributed by atoms with Gasteiger partial charge in [-0.25, -0.2) is 9.97 Å². The van der Waals surface area contributed by atoms with Crippen molar-refractivity contribution in [2.75, 3.05) is 31.6 Å². The average molecular weight is 276 g/mol. The van der Waals surface area contributed by atoms with Gasteiger partial charge in [0.2, 0.25) is 5.95 Å². The third-order valence-corrected chi connectivity index (χ3v) is 4.24. The van der Waals surface area contributed by atoms with Crippen LogP contribution in [0.5, 0.6) is 0 Å². The van der Waals surface area contributed by atoms with Crippen LogP contribution in [0.2, 0.25) is 0 Å². The highest BCUT2D eigenvalue weighted by Crippen LogP contribution is 2.21. The molecule has 20 heavy (non-hydrogen) atoms. The molecule has 0 aliphatic carbocycles. The van der Waals surface area contributed by atoms with Crippen molar-refractivity contribution in [3.05, 3.63) is 18.0 Å². The molecule has 0 saturated carbocycles. The second kappa shape index (κ2) is 6.06. The van der Waals surface area contributed by atoms with E-state index in [1.807, 2.05) is 12.3 Å². The number of nitrogens with zero attached hydrogens (tertiary/aromatic N) is 3. The number of hydrogen-bond acceptors (Lipinski definition) is 5. The molecule has 0 unspecified atom stereocenters. The summed E-state index contributed by atoms with van der Waals surface area (Å²) >= 11 is 0. The van der Waals surface area contributed by atoms with E-state index in [0.29, 0.717) is 18.0 Å². The fraction of sp³-hybridized carbons (Fsp3) is 0.733. The fourth-order valence-corrected chi connectivity index (χ4v) is 3.04. The van der Waals surface area contributed by atoms with E-state index >= 15 is 0 Å². The third kappa shape index (κ3) is 2.94. The van der Waals surface area contributed by atoms with Gasteiger partial charge in [0.15, 0.2) is 0 Å². The number of likely N-dealkylation sites (tertiary alicyclic amines) is 1. The molecular formula is C15H24N4O. The molecule has 2 aliphatic rings. The first-order chi connectivity index (χ1) is 9.74. The van der Waals surface area contributed by atoms with Gasteiger partial charge in [0, 0.05) is 11.9 Å². The van der Waals surface area contributed by atoms with E-state index in [4.69, 9.17) is 4.74 Å². The molecule has 1 aromatic rings. The molecule has 0 bridgehead atoms. The normalized spacial score (nSPS) is 27.4. The summed E-state index contributed by atoms with van der Waals surface area (Å²) in [5.41, 5.74) is 1.08. The Bertz CT molecular complexity index is 445. The second-order valence-corrected chi connectivity index (χ2v) is 6.06. The SMILES string of the molecule is CC(C)c1ccnc(N[C@H]2COC[C@@H]2N2CCCC2)n1. The molecule has 2 atom stereocenters. The number of hydrogen-bond donors (Lipinski definition) is 1. The number of ether oxygens (including phenoxy) is 1. The van der Waals surface area contributed by atoms with Crippen LogP contribution >= 0.6 is 0 Å². The van der Waals surface area contributed by atoms with Gasteiger partial charge >= 0.3 is 0 Å². The molecule has 5 nitrogen and oxygen atoms in total. The largest absolute Gasteiger partial charge is 0.378 e. The highest BCUT2D eigenvalue weighted by molar-refractivity contribution is 5.29. The maximum atomic E-state index is 5.67. The first-order valence-electron chi connectivity index (χ1n) is 7.65. The van der Waals surface area contributed by atoms with Crippen LogP contribution < -0.4 is 5.32 Å². The van der Waals surface area contributed by atoms with Gasteiger partial charge in [-0.2, -0.15) is 0 Å². The van der Waals surface area contributed by atoms with Crippen LogP contribution in [0.1, 0.15) is 38.3 Å². The Morgan fingerprint density at radius 1 is 1.30 bits per heavy atom. The highest BCUT2D eigenvalue weighted by Gasteiger charge is 2.34. The van der Waals surface area contributed by atoms with Crippen LogP contribution in [0.3, 0.4) is 0 Å². The Morgan fingerprint density at radius 2 is 2.10 bits per heavy atom. The van der Waals surface area contributed by atoms with Crippen LogP contribution in [-0.2, 0) is 4.74 Å². The molecule has 2 saturated heterocycles. The predicted octanol–water partition coefficient (Wildman–Crippen LogP) is 1.88. The van der Waals surface area contributed by atoms with Gasteiger partial charge in [0.05, 0.1) is 25.3 Å². The van der Waals surface area contributed by atoms with Crippen molar-refractivity contribution in [1.29, 1.82) is 0 Å². The summed E-state index contributed by atoms with van der Waals surface area (Å²) < 4.78 is 5.67. The molecule has 2 aliphatic heterocycles. The van der Waals surface area contributed by atoms with Crippen molar-refractivity contribution in [3.8, 4) is 0 Å². The van der Waals surface area contributed by atoms with Gasteiger partial charge in [0.25, 0.3) is 0 Å². The number of anilines is 1. The van der Waals surface area contributed by atoms with Crippen LogP contribution in [-0.4, -0.2) is 53.3 Å².